The Morgan fingerprint density at radius 1 is 1.06 bits per heavy atom. The fourth-order valence-electron chi connectivity index (χ4n) is 3.69. The summed E-state index contributed by atoms with van der Waals surface area (Å²) in [7, 11) is -7.00. The summed E-state index contributed by atoms with van der Waals surface area (Å²) >= 11 is 0. The van der Waals surface area contributed by atoms with Crippen LogP contribution in [0.15, 0.2) is 24.3 Å². The highest BCUT2D eigenvalue weighted by atomic mass is 32.2. The van der Waals surface area contributed by atoms with Crippen LogP contribution in [0.25, 0.3) is 0 Å². The Balaban J connectivity index is 2.09. The van der Waals surface area contributed by atoms with Crippen LogP contribution in [0.1, 0.15) is 41.8 Å². The zero-order valence-corrected chi connectivity index (χ0v) is 21.0. The summed E-state index contributed by atoms with van der Waals surface area (Å²) in [5.74, 6) is -1.89. The Bertz CT molecular complexity index is 1230. The first-order valence-electron chi connectivity index (χ1n) is 10.4. The van der Waals surface area contributed by atoms with Gasteiger partial charge in [-0.2, -0.15) is 16.8 Å². The van der Waals surface area contributed by atoms with Crippen LogP contribution in [-0.4, -0.2) is 77.7 Å². The lowest BCUT2D eigenvalue weighted by molar-refractivity contribution is -0.124. The second-order valence-electron chi connectivity index (χ2n) is 8.26. The van der Waals surface area contributed by atoms with Crippen LogP contribution in [0, 0.1) is 0 Å². The summed E-state index contributed by atoms with van der Waals surface area (Å²) in [4.78, 5) is 25.7. The zero-order chi connectivity index (χ0) is 26.1. The third-order valence-corrected chi connectivity index (χ3v) is 6.32. The van der Waals surface area contributed by atoms with Crippen molar-refractivity contribution in [3.8, 4) is 11.5 Å². The Morgan fingerprint density at radius 3 is 2.31 bits per heavy atom. The van der Waals surface area contributed by atoms with E-state index >= 15 is 0 Å². The number of ketones is 1. The van der Waals surface area contributed by atoms with Gasteiger partial charge in [0.15, 0.2) is 11.9 Å². The molecular weight excluding hydrogens is 508 g/mol. The average molecular weight is 535 g/mol. The molecule has 194 valence electrons. The molecule has 0 bridgehead atoms. The number of esters is 1. The predicted molar refractivity (Wildman–Crippen MR) is 120 cm³/mol. The molecule has 0 aliphatic carbocycles. The van der Waals surface area contributed by atoms with E-state index in [1.807, 2.05) is 0 Å². The number of carbonyl (C=O) groups excluding carboxylic acids is 2. The number of carbonyl (C=O) groups is 2. The van der Waals surface area contributed by atoms with Crippen molar-refractivity contribution in [3.63, 3.8) is 0 Å². The maximum Gasteiger partial charge on any atom is 0.342 e. The number of hydrogen-bond donors (Lipinski definition) is 1. The van der Waals surface area contributed by atoms with Gasteiger partial charge < -0.3 is 19.3 Å². The number of ether oxygens (including phenoxy) is 3. The Morgan fingerprint density at radius 2 is 1.71 bits per heavy atom. The van der Waals surface area contributed by atoms with Gasteiger partial charge in [-0.1, -0.05) is 6.08 Å². The molecule has 5 atom stereocenters. The van der Waals surface area contributed by atoms with E-state index in [4.69, 9.17) is 22.6 Å². The third-order valence-electron chi connectivity index (χ3n) is 5.17. The normalized spacial score (nSPS) is 28.7. The van der Waals surface area contributed by atoms with Crippen LogP contribution in [0.5, 0.6) is 11.5 Å². The van der Waals surface area contributed by atoms with Crippen molar-refractivity contribution < 1.29 is 54.1 Å². The van der Waals surface area contributed by atoms with Crippen LogP contribution in [-0.2, 0) is 42.9 Å². The first-order chi connectivity index (χ1) is 16.2. The van der Waals surface area contributed by atoms with Crippen LogP contribution < -0.4 is 4.74 Å². The maximum absolute atomic E-state index is 12.8. The van der Waals surface area contributed by atoms with Crippen molar-refractivity contribution in [2.75, 3.05) is 19.6 Å². The fourth-order valence-corrected chi connectivity index (χ4v) is 4.91. The van der Waals surface area contributed by atoms with Gasteiger partial charge in [-0.05, 0) is 19.1 Å². The number of fused-ring (bicyclic) bond motifs is 3. The van der Waals surface area contributed by atoms with E-state index in [9.17, 15) is 31.5 Å². The number of cyclic esters (lactones) is 1. The van der Waals surface area contributed by atoms with Gasteiger partial charge in [0.1, 0.15) is 35.4 Å². The van der Waals surface area contributed by atoms with Crippen molar-refractivity contribution in [1.29, 1.82) is 0 Å². The number of phenolic OH excluding ortho intramolecular Hbond substituents is 1. The highest BCUT2D eigenvalue weighted by Crippen LogP contribution is 2.47. The summed E-state index contributed by atoms with van der Waals surface area (Å²) in [6.07, 6.45) is -2.23. The maximum atomic E-state index is 12.8. The minimum atomic E-state index is -4.20. The molecule has 0 radical (unpaired) electrons. The summed E-state index contributed by atoms with van der Waals surface area (Å²) in [6.45, 7) is 1.55. The number of epoxide rings is 1. The molecule has 1 aromatic carbocycles. The second kappa shape index (κ2) is 10.2. The summed E-state index contributed by atoms with van der Waals surface area (Å²) in [5.41, 5.74) is 0.0495. The van der Waals surface area contributed by atoms with E-state index in [0.717, 1.165) is 18.6 Å². The molecule has 0 unspecified atom stereocenters. The largest absolute Gasteiger partial charge is 0.507 e. The molecule has 35 heavy (non-hydrogen) atoms. The van der Waals surface area contributed by atoms with Gasteiger partial charge in [0.05, 0.1) is 25.7 Å². The van der Waals surface area contributed by atoms with Crippen LogP contribution >= 0.6 is 0 Å². The lowest BCUT2D eigenvalue weighted by Gasteiger charge is -2.23. The highest BCUT2D eigenvalue weighted by molar-refractivity contribution is 7.86. The standard InChI is InChI=1S/C21H26O12S2/c1-11-6-5-7-14(22)20(33-35(4,27)28)17(32-34(3,25)26)10-16-19(31-16)13-8-12(29-2)9-15(23)18(13)21(24)30-11/h5,7-9,11,16-17,19-20,23H,6,10H2,1-4H3/b7-5-/t11-,16+,17-,19+,20+/m0/s1. The van der Waals surface area contributed by atoms with Crippen molar-refractivity contribution in [1.82, 2.24) is 0 Å². The van der Waals surface area contributed by atoms with Gasteiger partial charge in [-0.15, -0.1) is 0 Å². The van der Waals surface area contributed by atoms with Crippen molar-refractivity contribution in [2.24, 2.45) is 0 Å². The molecule has 2 aliphatic heterocycles. The number of methoxy groups -OCH3 is 1. The Kier molecular flexibility index (Phi) is 7.91. The Labute approximate surface area is 203 Å². The third kappa shape index (κ3) is 7.24. The molecule has 0 amide bonds. The van der Waals surface area contributed by atoms with E-state index in [2.05, 4.69) is 0 Å². The molecule has 1 fully saturated rings. The zero-order valence-electron chi connectivity index (χ0n) is 19.4. The predicted octanol–water partition coefficient (Wildman–Crippen LogP) is 0.995. The number of rotatable bonds is 5. The first kappa shape index (κ1) is 27.1. The number of phenols is 1. The second-order valence-corrected chi connectivity index (χ2v) is 11.5. The fraction of sp³-hybridized carbons (Fsp3) is 0.524. The summed E-state index contributed by atoms with van der Waals surface area (Å²) in [6, 6.07) is 2.69. The van der Waals surface area contributed by atoms with Crippen LogP contribution in [0.2, 0.25) is 0 Å². The first-order valence-corrected chi connectivity index (χ1v) is 14.1. The van der Waals surface area contributed by atoms with Crippen LogP contribution in [0.4, 0.5) is 0 Å². The highest BCUT2D eigenvalue weighted by Gasteiger charge is 2.48. The van der Waals surface area contributed by atoms with E-state index in [-0.39, 0.29) is 29.7 Å². The summed E-state index contributed by atoms with van der Waals surface area (Å²) in [5, 5.41) is 10.5. The van der Waals surface area contributed by atoms with Crippen LogP contribution in [0.3, 0.4) is 0 Å². The smallest absolute Gasteiger partial charge is 0.342 e. The number of aromatic hydroxyl groups is 1. The molecule has 12 nitrogen and oxygen atoms in total. The topological polar surface area (TPSA) is 172 Å². The van der Waals surface area contributed by atoms with Gasteiger partial charge in [0, 0.05) is 24.5 Å². The monoisotopic (exact) mass is 534 g/mol. The molecule has 0 aromatic heterocycles. The van der Waals surface area contributed by atoms with E-state index in [0.29, 0.717) is 0 Å². The molecule has 14 heteroatoms. The molecule has 1 saturated heterocycles. The van der Waals surface area contributed by atoms with Gasteiger partial charge in [-0.25, -0.2) is 4.79 Å². The number of benzene rings is 1. The average Bonchev–Trinajstić information content (AvgIpc) is 3.47. The molecule has 1 N–H and O–H groups in total. The minimum Gasteiger partial charge on any atom is -0.507 e. The van der Waals surface area contributed by atoms with Gasteiger partial charge in [0.2, 0.25) is 0 Å². The van der Waals surface area contributed by atoms with E-state index < -0.39 is 68.3 Å². The minimum absolute atomic E-state index is 0.0511. The Hall–Kier alpha value is -2.52. The lowest BCUT2D eigenvalue weighted by Crippen LogP contribution is -2.41. The molecule has 1 aromatic rings. The summed E-state index contributed by atoms with van der Waals surface area (Å²) < 4.78 is 73.7. The van der Waals surface area contributed by atoms with Crippen molar-refractivity contribution in [3.05, 3.63) is 35.4 Å². The molecule has 0 saturated carbocycles. The molecule has 2 aliphatic rings. The number of hydrogen-bond acceptors (Lipinski definition) is 12. The lowest BCUT2D eigenvalue weighted by atomic mass is 9.97. The van der Waals surface area contributed by atoms with E-state index in [1.165, 1.54) is 25.3 Å². The van der Waals surface area contributed by atoms with Gasteiger partial charge in [0.25, 0.3) is 20.2 Å². The SMILES string of the molecule is COc1cc(O)c2c(c1)[C@H]1O[C@@H]1C[C@H](OS(C)(=O)=O)[C@H](OS(C)(=O)=O)C(=O)/C=C\C[C@H](C)OC2=O. The quantitative estimate of drug-likeness (QED) is 0.323. The van der Waals surface area contributed by atoms with Gasteiger partial charge >= 0.3 is 5.97 Å². The van der Waals surface area contributed by atoms with Crippen molar-refractivity contribution in [2.45, 2.75) is 50.3 Å². The molecule has 3 rings (SSSR count). The van der Waals surface area contributed by atoms with Gasteiger partial charge in [-0.3, -0.25) is 13.2 Å². The van der Waals surface area contributed by atoms with Crippen molar-refractivity contribution >= 4 is 32.0 Å². The molecule has 2 heterocycles. The van der Waals surface area contributed by atoms with E-state index in [1.54, 1.807) is 6.92 Å². The molecular formula is C21H26O12S2. The molecule has 0 spiro atoms.